The van der Waals surface area contributed by atoms with E-state index >= 15 is 0 Å². The Labute approximate surface area is 241 Å². The van der Waals surface area contributed by atoms with E-state index in [-0.39, 0.29) is 24.7 Å². The lowest BCUT2D eigenvalue weighted by Gasteiger charge is -2.09. The molecule has 2 aromatic rings. The molecule has 0 saturated heterocycles. The molecule has 0 aliphatic rings. The summed E-state index contributed by atoms with van der Waals surface area (Å²) < 4.78 is 13.4. The number of unbranched alkanes of at least 4 members (excludes halogenated alkanes) is 3. The fraction of sp³-hybridized carbons (Fsp3) is 0.429. The van der Waals surface area contributed by atoms with E-state index in [4.69, 9.17) is 9.47 Å². The van der Waals surface area contributed by atoms with Crippen LogP contribution in [0.25, 0.3) is 0 Å². The van der Waals surface area contributed by atoms with Crippen LogP contribution in [0.15, 0.2) is 55.5 Å². The van der Waals surface area contributed by atoms with Crippen molar-refractivity contribution in [3.05, 3.63) is 56.5 Å². The highest BCUT2D eigenvalue weighted by Crippen LogP contribution is 2.23. The van der Waals surface area contributed by atoms with Gasteiger partial charge in [-0.05, 0) is 62.1 Å². The molecule has 2 N–H and O–H groups in total. The fourth-order valence-electron chi connectivity index (χ4n) is 3.19. The molecule has 0 fully saturated rings. The summed E-state index contributed by atoms with van der Waals surface area (Å²) in [5.74, 6) is 1.00. The van der Waals surface area contributed by atoms with Gasteiger partial charge in [0, 0.05) is 32.9 Å². The summed E-state index contributed by atoms with van der Waals surface area (Å²) in [6.45, 7) is 5.47. The molecule has 0 aromatic heterocycles. The van der Waals surface area contributed by atoms with Gasteiger partial charge in [0.15, 0.2) is 0 Å². The Morgan fingerprint density at radius 3 is 1.55 bits per heavy atom. The number of amides is 2. The Kier molecular flexibility index (Phi) is 15.3. The maximum atomic E-state index is 12.1. The highest BCUT2D eigenvalue weighted by atomic mass is 79.9. The minimum Gasteiger partial charge on any atom is -0.493 e. The second kappa shape index (κ2) is 18.5. The van der Waals surface area contributed by atoms with Gasteiger partial charge in [-0.1, -0.05) is 58.5 Å². The number of hydrogen-bond acceptors (Lipinski definition) is 6. The molecule has 2 rings (SSSR count). The Hall–Kier alpha value is -2.72. The third kappa shape index (κ3) is 12.7. The van der Waals surface area contributed by atoms with Gasteiger partial charge in [-0.15, -0.1) is 0 Å². The van der Waals surface area contributed by atoms with Gasteiger partial charge in [0.25, 0.3) is 0 Å². The van der Waals surface area contributed by atoms with Crippen molar-refractivity contribution in [3.63, 3.8) is 0 Å². The quantitative estimate of drug-likeness (QED) is 0.112. The number of nitrogens with zero attached hydrogens (tertiary/aromatic N) is 2. The highest BCUT2D eigenvalue weighted by Gasteiger charge is 2.06. The molecule has 206 valence electrons. The second-order valence-corrected chi connectivity index (χ2v) is 10.4. The average Bonchev–Trinajstić information content (AvgIpc) is 2.89. The zero-order valence-electron chi connectivity index (χ0n) is 22.0. The minimum absolute atomic E-state index is 0.214. The van der Waals surface area contributed by atoms with Gasteiger partial charge < -0.3 is 9.47 Å². The molecule has 38 heavy (non-hydrogen) atoms. The van der Waals surface area contributed by atoms with Crippen molar-refractivity contribution in [2.24, 2.45) is 10.2 Å². The molecule has 0 spiro atoms. The first-order valence-electron chi connectivity index (χ1n) is 12.9. The van der Waals surface area contributed by atoms with Crippen LogP contribution in [0, 0.1) is 0 Å². The Morgan fingerprint density at radius 1 is 0.737 bits per heavy atom. The summed E-state index contributed by atoms with van der Waals surface area (Å²) in [4.78, 5) is 24.2. The monoisotopic (exact) mass is 650 g/mol. The SMILES string of the molecule is CCCCOc1ccc(Br)cc1/C=N\NC(=O)CCCCC(=O)N/N=C\c1cc(Br)ccc1OCCCC. The van der Waals surface area contributed by atoms with E-state index in [2.05, 4.69) is 66.8 Å². The molecule has 2 amide bonds. The maximum absolute atomic E-state index is 12.1. The lowest BCUT2D eigenvalue weighted by molar-refractivity contribution is -0.123. The van der Waals surface area contributed by atoms with Crippen LogP contribution in [0.2, 0.25) is 0 Å². The van der Waals surface area contributed by atoms with E-state index in [9.17, 15) is 9.59 Å². The van der Waals surface area contributed by atoms with E-state index in [0.717, 1.165) is 45.8 Å². The smallest absolute Gasteiger partial charge is 0.240 e. The summed E-state index contributed by atoms with van der Waals surface area (Å²) in [5.41, 5.74) is 6.61. The number of nitrogens with one attached hydrogen (secondary N) is 2. The third-order valence-electron chi connectivity index (χ3n) is 5.30. The predicted molar refractivity (Wildman–Crippen MR) is 159 cm³/mol. The van der Waals surface area contributed by atoms with Crippen molar-refractivity contribution in [1.82, 2.24) is 10.9 Å². The first kappa shape index (κ1) is 31.5. The van der Waals surface area contributed by atoms with Crippen LogP contribution in [-0.4, -0.2) is 37.5 Å². The topological polar surface area (TPSA) is 101 Å². The highest BCUT2D eigenvalue weighted by molar-refractivity contribution is 9.10. The van der Waals surface area contributed by atoms with E-state index in [1.54, 1.807) is 12.4 Å². The number of halogens is 2. The van der Waals surface area contributed by atoms with E-state index < -0.39 is 0 Å². The Bertz CT molecular complexity index is 1010. The second-order valence-electron chi connectivity index (χ2n) is 8.56. The Balaban J connectivity index is 1.71. The van der Waals surface area contributed by atoms with Crippen molar-refractivity contribution >= 4 is 56.1 Å². The molecule has 0 aliphatic carbocycles. The molecule has 10 heteroatoms. The number of carbonyl (C=O) groups excluding carboxylic acids is 2. The molecule has 0 aliphatic heterocycles. The molecule has 0 bridgehead atoms. The largest absolute Gasteiger partial charge is 0.493 e. The summed E-state index contributed by atoms with van der Waals surface area (Å²) in [6.07, 6.45) is 8.82. The van der Waals surface area contributed by atoms with Gasteiger partial charge in [0.1, 0.15) is 11.5 Å². The third-order valence-corrected chi connectivity index (χ3v) is 6.28. The number of carbonyl (C=O) groups is 2. The molecule has 0 radical (unpaired) electrons. The van der Waals surface area contributed by atoms with Crippen molar-refractivity contribution in [1.29, 1.82) is 0 Å². The summed E-state index contributed by atoms with van der Waals surface area (Å²) in [6, 6.07) is 11.3. The molecular weight excluding hydrogens is 616 g/mol. The number of hydrazone groups is 2. The maximum Gasteiger partial charge on any atom is 0.240 e. The summed E-state index contributed by atoms with van der Waals surface area (Å²) >= 11 is 6.89. The summed E-state index contributed by atoms with van der Waals surface area (Å²) in [7, 11) is 0. The standard InChI is InChI=1S/C28H36Br2N4O4/c1-3-5-15-37-25-13-11-23(29)17-21(25)19-31-33-27(35)9-7-8-10-28(36)34-32-20-22-18-24(30)12-14-26(22)38-16-6-4-2/h11-14,17-20H,3-10,15-16H2,1-2H3,(H,33,35)(H,34,36)/b31-19-,32-20-. The van der Waals surface area contributed by atoms with Crippen LogP contribution < -0.4 is 20.3 Å². The van der Waals surface area contributed by atoms with Crippen LogP contribution in [0.3, 0.4) is 0 Å². The number of ether oxygens (including phenoxy) is 2. The average molecular weight is 652 g/mol. The predicted octanol–water partition coefficient (Wildman–Crippen LogP) is 6.73. The zero-order valence-corrected chi connectivity index (χ0v) is 25.1. The molecule has 0 saturated carbocycles. The van der Waals surface area contributed by atoms with Crippen molar-refractivity contribution < 1.29 is 19.1 Å². The lowest BCUT2D eigenvalue weighted by atomic mass is 10.2. The molecule has 0 heterocycles. The van der Waals surface area contributed by atoms with Crippen LogP contribution in [-0.2, 0) is 9.59 Å². The van der Waals surface area contributed by atoms with E-state index in [0.29, 0.717) is 37.6 Å². The Morgan fingerprint density at radius 2 is 1.16 bits per heavy atom. The molecular formula is C28H36Br2N4O4. The van der Waals surface area contributed by atoms with Gasteiger partial charge in [-0.25, -0.2) is 10.9 Å². The van der Waals surface area contributed by atoms with Crippen LogP contribution in [0.4, 0.5) is 0 Å². The van der Waals surface area contributed by atoms with Gasteiger partial charge in [0.05, 0.1) is 25.6 Å². The first-order valence-corrected chi connectivity index (χ1v) is 14.5. The van der Waals surface area contributed by atoms with Gasteiger partial charge in [0.2, 0.25) is 11.8 Å². The number of benzene rings is 2. The van der Waals surface area contributed by atoms with Crippen LogP contribution >= 0.6 is 31.9 Å². The fourth-order valence-corrected chi connectivity index (χ4v) is 3.94. The van der Waals surface area contributed by atoms with Crippen molar-refractivity contribution in [3.8, 4) is 11.5 Å². The van der Waals surface area contributed by atoms with Crippen LogP contribution in [0.5, 0.6) is 11.5 Å². The van der Waals surface area contributed by atoms with Crippen LogP contribution in [0.1, 0.15) is 76.3 Å². The van der Waals surface area contributed by atoms with E-state index in [1.165, 1.54) is 0 Å². The lowest BCUT2D eigenvalue weighted by Crippen LogP contribution is -2.19. The molecule has 2 aromatic carbocycles. The van der Waals surface area contributed by atoms with Gasteiger partial charge >= 0.3 is 0 Å². The summed E-state index contributed by atoms with van der Waals surface area (Å²) in [5, 5.41) is 8.11. The number of hydrogen-bond donors (Lipinski definition) is 2. The molecule has 8 nitrogen and oxygen atoms in total. The van der Waals surface area contributed by atoms with Crippen molar-refractivity contribution in [2.45, 2.75) is 65.2 Å². The molecule has 0 atom stereocenters. The van der Waals surface area contributed by atoms with E-state index in [1.807, 2.05) is 36.4 Å². The normalized spacial score (nSPS) is 11.2. The van der Waals surface area contributed by atoms with Gasteiger partial charge in [-0.3, -0.25) is 9.59 Å². The molecule has 0 unspecified atom stereocenters. The minimum atomic E-state index is -0.214. The number of rotatable bonds is 17. The van der Waals surface area contributed by atoms with Crippen molar-refractivity contribution in [2.75, 3.05) is 13.2 Å². The zero-order chi connectivity index (χ0) is 27.6. The first-order chi connectivity index (χ1) is 18.4. The van der Waals surface area contributed by atoms with Gasteiger partial charge in [-0.2, -0.15) is 10.2 Å².